The molecule has 2 fully saturated rings. The molecule has 0 bridgehead atoms. The van der Waals surface area contributed by atoms with E-state index in [1.807, 2.05) is 24.1 Å². The highest BCUT2D eigenvalue weighted by molar-refractivity contribution is 5.87. The molecule has 5 nitrogen and oxygen atoms in total. The molecule has 0 saturated carbocycles. The largest absolute Gasteiger partial charge is 0.497 e. The number of benzene rings is 1. The number of nitrogens with zero attached hydrogens (tertiary/aromatic N) is 2. The molecule has 1 aromatic carbocycles. The first-order valence-corrected chi connectivity index (χ1v) is 9.28. The summed E-state index contributed by atoms with van der Waals surface area (Å²) in [5.74, 6) is 0.906. The average molecular weight is 344 g/mol. The van der Waals surface area contributed by atoms with Gasteiger partial charge in [0, 0.05) is 32.5 Å². The summed E-state index contributed by atoms with van der Waals surface area (Å²) in [7, 11) is 3.47. The second-order valence-electron chi connectivity index (χ2n) is 7.17. The van der Waals surface area contributed by atoms with Gasteiger partial charge in [-0.05, 0) is 37.0 Å². The van der Waals surface area contributed by atoms with Gasteiger partial charge in [0.25, 0.3) is 0 Å². The number of hydrogen-bond donors (Lipinski definition) is 0. The standard InChI is InChI=1S/C20H28N2O3/c1-21-13-11-16(14-19(21)23)20(24)22-12-5-3-4-6-18(22)15-7-9-17(25-2)10-8-15/h7-10,16,18H,3-6,11-14H2,1-2H3/t16-,18+/m0/s1. The Morgan fingerprint density at radius 3 is 2.52 bits per heavy atom. The first-order chi connectivity index (χ1) is 12.1. The van der Waals surface area contributed by atoms with Crippen LogP contribution in [0.2, 0.25) is 0 Å². The average Bonchev–Trinajstić information content (AvgIpc) is 2.89. The zero-order valence-electron chi connectivity index (χ0n) is 15.2. The molecule has 2 heterocycles. The van der Waals surface area contributed by atoms with Gasteiger partial charge in [-0.1, -0.05) is 25.0 Å². The van der Waals surface area contributed by atoms with E-state index in [-0.39, 0.29) is 23.8 Å². The maximum absolute atomic E-state index is 13.2. The minimum absolute atomic E-state index is 0.0837. The summed E-state index contributed by atoms with van der Waals surface area (Å²) in [6.07, 6.45) is 5.43. The fraction of sp³-hybridized carbons (Fsp3) is 0.600. The molecule has 1 aromatic rings. The minimum atomic E-state index is -0.164. The molecule has 25 heavy (non-hydrogen) atoms. The van der Waals surface area contributed by atoms with E-state index < -0.39 is 0 Å². The molecule has 0 unspecified atom stereocenters. The highest BCUT2D eigenvalue weighted by Gasteiger charge is 2.35. The van der Waals surface area contributed by atoms with E-state index in [0.29, 0.717) is 13.0 Å². The SMILES string of the molecule is COc1ccc([C@H]2CCCCCN2C(=O)[C@H]2CCN(C)C(=O)C2)cc1. The van der Waals surface area contributed by atoms with Gasteiger partial charge in [-0.2, -0.15) is 0 Å². The van der Waals surface area contributed by atoms with Gasteiger partial charge in [0.05, 0.1) is 13.2 Å². The van der Waals surface area contributed by atoms with Gasteiger partial charge in [0.15, 0.2) is 0 Å². The highest BCUT2D eigenvalue weighted by atomic mass is 16.5. The molecule has 5 heteroatoms. The Balaban J connectivity index is 1.79. The van der Waals surface area contributed by atoms with E-state index in [1.54, 1.807) is 12.0 Å². The maximum Gasteiger partial charge on any atom is 0.226 e. The predicted octanol–water partition coefficient (Wildman–Crippen LogP) is 3.01. The van der Waals surface area contributed by atoms with Gasteiger partial charge < -0.3 is 14.5 Å². The Morgan fingerprint density at radius 2 is 1.84 bits per heavy atom. The lowest BCUT2D eigenvalue weighted by molar-refractivity contribution is -0.146. The topological polar surface area (TPSA) is 49.9 Å². The molecule has 2 saturated heterocycles. The lowest BCUT2D eigenvalue weighted by Gasteiger charge is -2.36. The third kappa shape index (κ3) is 3.97. The monoisotopic (exact) mass is 344 g/mol. The van der Waals surface area contributed by atoms with E-state index >= 15 is 0 Å². The molecule has 0 spiro atoms. The Kier molecular flexibility index (Phi) is 5.61. The minimum Gasteiger partial charge on any atom is -0.497 e. The Hall–Kier alpha value is -2.04. The van der Waals surface area contributed by atoms with Crippen molar-refractivity contribution >= 4 is 11.8 Å². The number of methoxy groups -OCH3 is 1. The zero-order valence-corrected chi connectivity index (χ0v) is 15.2. The molecule has 0 radical (unpaired) electrons. The third-order valence-corrected chi connectivity index (χ3v) is 5.55. The molecule has 136 valence electrons. The van der Waals surface area contributed by atoms with E-state index in [0.717, 1.165) is 50.0 Å². The lowest BCUT2D eigenvalue weighted by atomic mass is 9.93. The number of ether oxygens (including phenoxy) is 1. The summed E-state index contributed by atoms with van der Waals surface area (Å²) in [5.41, 5.74) is 1.16. The third-order valence-electron chi connectivity index (χ3n) is 5.55. The molecule has 3 rings (SSSR count). The first kappa shape index (κ1) is 17.8. The number of likely N-dealkylation sites (tertiary alicyclic amines) is 2. The lowest BCUT2D eigenvalue weighted by Crippen LogP contribution is -2.45. The number of rotatable bonds is 3. The molecule has 2 atom stereocenters. The van der Waals surface area contributed by atoms with Gasteiger partial charge in [0.2, 0.25) is 11.8 Å². The number of carbonyl (C=O) groups excluding carboxylic acids is 2. The Bertz CT molecular complexity index is 614. The molecular weight excluding hydrogens is 316 g/mol. The van der Waals surface area contributed by atoms with Crippen molar-refractivity contribution in [2.75, 3.05) is 27.2 Å². The van der Waals surface area contributed by atoms with Crippen LogP contribution in [0.25, 0.3) is 0 Å². The normalized spacial score (nSPS) is 24.8. The van der Waals surface area contributed by atoms with Gasteiger partial charge in [-0.3, -0.25) is 9.59 Å². The van der Waals surface area contributed by atoms with Crippen molar-refractivity contribution in [2.45, 2.75) is 44.6 Å². The second kappa shape index (κ2) is 7.89. The molecule has 0 N–H and O–H groups in total. The van der Waals surface area contributed by atoms with Gasteiger partial charge in [-0.15, -0.1) is 0 Å². The summed E-state index contributed by atoms with van der Waals surface area (Å²) in [6, 6.07) is 8.16. The molecule has 0 aliphatic carbocycles. The van der Waals surface area contributed by atoms with E-state index in [2.05, 4.69) is 12.1 Å². The van der Waals surface area contributed by atoms with Crippen molar-refractivity contribution in [1.29, 1.82) is 0 Å². The van der Waals surface area contributed by atoms with Gasteiger partial charge >= 0.3 is 0 Å². The fourth-order valence-corrected chi connectivity index (χ4v) is 3.93. The predicted molar refractivity (Wildman–Crippen MR) is 96.3 cm³/mol. The summed E-state index contributed by atoms with van der Waals surface area (Å²) in [5, 5.41) is 0. The Labute approximate surface area is 149 Å². The quantitative estimate of drug-likeness (QED) is 0.847. The number of amides is 2. The summed E-state index contributed by atoms with van der Waals surface area (Å²) < 4.78 is 5.25. The van der Waals surface area contributed by atoms with E-state index in [4.69, 9.17) is 4.74 Å². The second-order valence-corrected chi connectivity index (χ2v) is 7.17. The number of carbonyl (C=O) groups is 2. The van der Waals surface area contributed by atoms with Crippen molar-refractivity contribution in [1.82, 2.24) is 9.80 Å². The van der Waals surface area contributed by atoms with Crippen molar-refractivity contribution in [3.8, 4) is 5.75 Å². The molecular formula is C20H28N2O3. The van der Waals surface area contributed by atoms with Gasteiger partial charge in [-0.25, -0.2) is 0 Å². The molecule has 2 aliphatic rings. The van der Waals surface area contributed by atoms with Crippen LogP contribution >= 0.6 is 0 Å². The van der Waals surface area contributed by atoms with E-state index in [1.165, 1.54) is 0 Å². The van der Waals surface area contributed by atoms with Crippen LogP contribution in [-0.2, 0) is 9.59 Å². The first-order valence-electron chi connectivity index (χ1n) is 9.28. The molecule has 2 amide bonds. The molecule has 0 aromatic heterocycles. The smallest absolute Gasteiger partial charge is 0.226 e. The van der Waals surface area contributed by atoms with Crippen LogP contribution < -0.4 is 4.74 Å². The number of hydrogen-bond acceptors (Lipinski definition) is 3. The maximum atomic E-state index is 13.2. The van der Waals surface area contributed by atoms with Crippen LogP contribution in [0, 0.1) is 5.92 Å². The van der Waals surface area contributed by atoms with Crippen molar-refractivity contribution in [3.05, 3.63) is 29.8 Å². The van der Waals surface area contributed by atoms with Crippen LogP contribution in [-0.4, -0.2) is 48.9 Å². The van der Waals surface area contributed by atoms with Crippen LogP contribution in [0.4, 0.5) is 0 Å². The van der Waals surface area contributed by atoms with Crippen molar-refractivity contribution in [2.24, 2.45) is 5.92 Å². The van der Waals surface area contributed by atoms with Crippen LogP contribution in [0.15, 0.2) is 24.3 Å². The Morgan fingerprint density at radius 1 is 1.08 bits per heavy atom. The van der Waals surface area contributed by atoms with Crippen molar-refractivity contribution in [3.63, 3.8) is 0 Å². The summed E-state index contributed by atoms with van der Waals surface area (Å²) in [6.45, 7) is 1.46. The summed E-state index contributed by atoms with van der Waals surface area (Å²) in [4.78, 5) is 29.0. The van der Waals surface area contributed by atoms with E-state index in [9.17, 15) is 9.59 Å². The van der Waals surface area contributed by atoms with Gasteiger partial charge in [0.1, 0.15) is 5.75 Å². The zero-order chi connectivity index (χ0) is 17.8. The van der Waals surface area contributed by atoms with Crippen LogP contribution in [0.3, 0.4) is 0 Å². The van der Waals surface area contributed by atoms with Crippen LogP contribution in [0.1, 0.15) is 50.1 Å². The highest BCUT2D eigenvalue weighted by Crippen LogP contribution is 2.33. The fourth-order valence-electron chi connectivity index (χ4n) is 3.93. The van der Waals surface area contributed by atoms with Crippen molar-refractivity contribution < 1.29 is 14.3 Å². The number of piperidine rings is 1. The molecule has 2 aliphatic heterocycles. The summed E-state index contributed by atoms with van der Waals surface area (Å²) >= 11 is 0. The van der Waals surface area contributed by atoms with Crippen LogP contribution in [0.5, 0.6) is 5.75 Å².